The molecule has 0 bridgehead atoms. The van der Waals surface area contributed by atoms with Crippen molar-refractivity contribution in [1.29, 1.82) is 0 Å². The highest BCUT2D eigenvalue weighted by Gasteiger charge is 2.28. The van der Waals surface area contributed by atoms with Gasteiger partial charge >= 0.3 is 7.82 Å². The second-order valence-corrected chi connectivity index (χ2v) is 25.7. The summed E-state index contributed by atoms with van der Waals surface area (Å²) in [6, 6.07) is -0.758. The number of carbonyl (C=O) groups excluding carboxylic acids is 1. The van der Waals surface area contributed by atoms with Crippen LogP contribution in [0.2, 0.25) is 0 Å². The van der Waals surface area contributed by atoms with E-state index < -0.39 is 20.0 Å². The maximum Gasteiger partial charge on any atom is 0.472 e. The zero-order valence-corrected chi connectivity index (χ0v) is 52.0. The van der Waals surface area contributed by atoms with E-state index in [0.717, 1.165) is 44.9 Å². The zero-order valence-electron chi connectivity index (χ0n) is 51.1. The first-order chi connectivity index (χ1) is 36.5. The Balaban J connectivity index is 3.99. The van der Waals surface area contributed by atoms with Crippen LogP contribution in [0.3, 0.4) is 0 Å². The SMILES string of the molecule is CCCCCCC/C=C\C/C=C\CCCCCCCCCCCCCCCCCCCCCCCC(=O)NC(COP(=O)(O)OCC[N+](C)(C)C)C(O)CCCCCCCCCCCCCCCCCCCCCC. The molecule has 0 fully saturated rings. The van der Waals surface area contributed by atoms with E-state index in [4.69, 9.17) is 9.05 Å². The Hall–Kier alpha value is -1.02. The zero-order chi connectivity index (χ0) is 54.9. The summed E-state index contributed by atoms with van der Waals surface area (Å²) >= 11 is 0. The minimum atomic E-state index is -4.32. The molecule has 0 aliphatic heterocycles. The Bertz CT molecular complexity index is 1270. The van der Waals surface area contributed by atoms with Gasteiger partial charge in [-0.15, -0.1) is 0 Å². The molecule has 1 amide bonds. The maximum atomic E-state index is 13.0. The fourth-order valence-corrected chi connectivity index (χ4v) is 11.0. The highest BCUT2D eigenvalue weighted by molar-refractivity contribution is 7.47. The van der Waals surface area contributed by atoms with Crippen LogP contribution in [0.4, 0.5) is 0 Å². The average Bonchev–Trinajstić information content (AvgIpc) is 3.37. The third kappa shape index (κ3) is 60.5. The second-order valence-electron chi connectivity index (χ2n) is 24.2. The van der Waals surface area contributed by atoms with Crippen molar-refractivity contribution < 1.29 is 32.9 Å². The molecule has 0 aromatic rings. The Kier molecular flexibility index (Phi) is 56.9. The number of hydrogen-bond donors (Lipinski definition) is 3. The van der Waals surface area contributed by atoms with E-state index in [1.54, 1.807) is 0 Å². The number of unbranched alkanes of at least 4 members (excludes halogenated alkanes) is 45. The molecule has 0 radical (unpaired) electrons. The van der Waals surface area contributed by atoms with Gasteiger partial charge in [0.05, 0.1) is 39.9 Å². The molecule has 0 aliphatic carbocycles. The Morgan fingerprint density at radius 2 is 0.760 bits per heavy atom. The first-order valence-electron chi connectivity index (χ1n) is 33.2. The Labute approximate surface area is 468 Å². The number of allylic oxidation sites excluding steroid dienone is 4. The number of carbonyl (C=O) groups is 1. The number of rotatable bonds is 62. The number of phosphoric acid groups is 1. The number of amides is 1. The van der Waals surface area contributed by atoms with Gasteiger partial charge in [0.1, 0.15) is 13.2 Å². The first-order valence-corrected chi connectivity index (χ1v) is 34.7. The molecule has 3 atom stereocenters. The number of nitrogens with one attached hydrogen (secondary N) is 1. The lowest BCUT2D eigenvalue weighted by molar-refractivity contribution is -0.870. The fourth-order valence-electron chi connectivity index (χ4n) is 10.3. The maximum absolute atomic E-state index is 13.0. The highest BCUT2D eigenvalue weighted by Crippen LogP contribution is 2.43. The number of phosphoric ester groups is 1. The van der Waals surface area contributed by atoms with Crippen molar-refractivity contribution in [2.75, 3.05) is 40.9 Å². The van der Waals surface area contributed by atoms with Crippen LogP contribution in [0.5, 0.6) is 0 Å². The van der Waals surface area contributed by atoms with Crippen LogP contribution in [0.15, 0.2) is 24.3 Å². The van der Waals surface area contributed by atoms with Gasteiger partial charge in [-0.2, -0.15) is 0 Å². The topological polar surface area (TPSA) is 105 Å². The summed E-state index contributed by atoms with van der Waals surface area (Å²) in [7, 11) is 1.63. The lowest BCUT2D eigenvalue weighted by Crippen LogP contribution is -2.46. The molecule has 0 saturated carbocycles. The molecule has 0 heterocycles. The number of nitrogens with zero attached hydrogens (tertiary/aromatic N) is 1. The van der Waals surface area contributed by atoms with Gasteiger partial charge in [0, 0.05) is 6.42 Å². The number of aliphatic hydroxyl groups excluding tert-OH is 1. The van der Waals surface area contributed by atoms with Gasteiger partial charge in [0.2, 0.25) is 5.91 Å². The molecule has 0 aromatic heterocycles. The normalized spacial score (nSPS) is 13.9. The molecular weight excluding hydrogens is 948 g/mol. The Morgan fingerprint density at radius 1 is 0.453 bits per heavy atom. The molecule has 0 rings (SSSR count). The number of quaternary nitrogens is 1. The molecule has 0 aliphatic rings. The van der Waals surface area contributed by atoms with Crippen LogP contribution in [-0.4, -0.2) is 73.4 Å². The monoisotopic (exact) mass is 1080 g/mol. The molecule has 0 saturated heterocycles. The summed E-state index contributed by atoms with van der Waals surface area (Å²) in [6.45, 7) is 4.93. The summed E-state index contributed by atoms with van der Waals surface area (Å²) in [5.41, 5.74) is 0. The summed E-state index contributed by atoms with van der Waals surface area (Å²) in [5.74, 6) is -0.136. The quantitative estimate of drug-likeness (QED) is 0.0243. The van der Waals surface area contributed by atoms with Crippen molar-refractivity contribution in [3.05, 3.63) is 24.3 Å². The lowest BCUT2D eigenvalue weighted by Gasteiger charge is -2.26. The van der Waals surface area contributed by atoms with Crippen LogP contribution in [0.25, 0.3) is 0 Å². The third-order valence-electron chi connectivity index (χ3n) is 15.5. The van der Waals surface area contributed by atoms with Gasteiger partial charge in [-0.25, -0.2) is 4.57 Å². The molecule has 3 unspecified atom stereocenters. The summed E-state index contributed by atoms with van der Waals surface area (Å²) < 4.78 is 23.9. The van der Waals surface area contributed by atoms with Gasteiger partial charge in [0.25, 0.3) is 0 Å². The van der Waals surface area contributed by atoms with E-state index in [9.17, 15) is 19.4 Å². The van der Waals surface area contributed by atoms with E-state index in [1.165, 1.54) is 270 Å². The standard InChI is InChI=1S/C66H131N2O6P/c1-6-8-10-12-14-16-18-20-22-24-26-28-29-30-31-32-33-34-35-36-37-38-39-40-42-44-46-48-50-52-54-56-58-60-66(70)67-64(63-74-75(71,72)73-62-61-68(3,4)5)65(69)59-57-55-53-51-49-47-45-43-41-27-25-23-21-19-17-15-13-11-9-7-2/h18,20,24,26,64-65,69H,6-17,19,21-23,25,27-63H2,1-5H3,(H-,67,70,71,72)/p+1/b20-18-,26-24-. The van der Waals surface area contributed by atoms with Gasteiger partial charge < -0.3 is 19.8 Å². The van der Waals surface area contributed by atoms with E-state index in [1.807, 2.05) is 21.1 Å². The molecule has 0 spiro atoms. The third-order valence-corrected chi connectivity index (χ3v) is 16.4. The fraction of sp³-hybridized carbons (Fsp3) is 0.924. The smallest absolute Gasteiger partial charge is 0.391 e. The summed E-state index contributed by atoms with van der Waals surface area (Å²) in [6.07, 6.45) is 74.1. The number of likely N-dealkylation sites (N-methyl/N-ethyl adjacent to an activating group) is 1. The highest BCUT2D eigenvalue weighted by atomic mass is 31.2. The Morgan fingerprint density at radius 3 is 1.09 bits per heavy atom. The van der Waals surface area contributed by atoms with Crippen molar-refractivity contribution in [1.82, 2.24) is 5.32 Å². The summed E-state index contributed by atoms with van der Waals surface area (Å²) in [4.78, 5) is 23.4. The predicted molar refractivity (Wildman–Crippen MR) is 328 cm³/mol. The van der Waals surface area contributed by atoms with E-state index >= 15 is 0 Å². The number of hydrogen-bond acceptors (Lipinski definition) is 5. The molecule has 3 N–H and O–H groups in total. The molecule has 75 heavy (non-hydrogen) atoms. The van der Waals surface area contributed by atoms with Gasteiger partial charge in [0.15, 0.2) is 0 Å². The minimum absolute atomic E-state index is 0.0776. The van der Waals surface area contributed by atoms with Crippen LogP contribution < -0.4 is 5.32 Å². The summed E-state index contributed by atoms with van der Waals surface area (Å²) in [5, 5.41) is 14.1. The van der Waals surface area contributed by atoms with Crippen molar-refractivity contribution in [2.24, 2.45) is 0 Å². The van der Waals surface area contributed by atoms with Crippen LogP contribution >= 0.6 is 7.82 Å². The van der Waals surface area contributed by atoms with E-state index in [-0.39, 0.29) is 19.1 Å². The van der Waals surface area contributed by atoms with E-state index in [2.05, 4.69) is 43.5 Å². The molecule has 446 valence electrons. The average molecular weight is 1080 g/mol. The number of aliphatic hydroxyl groups is 1. The molecule has 9 heteroatoms. The van der Waals surface area contributed by atoms with E-state index in [0.29, 0.717) is 23.9 Å². The predicted octanol–water partition coefficient (Wildman–Crippen LogP) is 20.7. The van der Waals surface area contributed by atoms with Crippen LogP contribution in [-0.2, 0) is 18.4 Å². The largest absolute Gasteiger partial charge is 0.472 e. The van der Waals surface area contributed by atoms with Crippen molar-refractivity contribution in [2.45, 2.75) is 353 Å². The molecule has 8 nitrogen and oxygen atoms in total. The molecular formula is C66H132N2O6P+. The second kappa shape index (κ2) is 57.7. The van der Waals surface area contributed by atoms with Crippen LogP contribution in [0, 0.1) is 0 Å². The molecule has 0 aromatic carbocycles. The van der Waals surface area contributed by atoms with Gasteiger partial charge in [-0.05, 0) is 44.9 Å². The van der Waals surface area contributed by atoms with Crippen molar-refractivity contribution in [3.63, 3.8) is 0 Å². The first kappa shape index (κ1) is 74.0. The van der Waals surface area contributed by atoms with Gasteiger partial charge in [-0.1, -0.05) is 314 Å². The van der Waals surface area contributed by atoms with Gasteiger partial charge in [-0.3, -0.25) is 13.8 Å². The minimum Gasteiger partial charge on any atom is -0.391 e. The van der Waals surface area contributed by atoms with Crippen molar-refractivity contribution in [3.8, 4) is 0 Å². The van der Waals surface area contributed by atoms with Crippen LogP contribution in [0.1, 0.15) is 341 Å². The lowest BCUT2D eigenvalue weighted by atomic mass is 10.0. The van der Waals surface area contributed by atoms with Crippen molar-refractivity contribution >= 4 is 13.7 Å².